The molecule has 11 rings (SSSR count). The molecule has 9 aromatic carbocycles. The van der Waals surface area contributed by atoms with Gasteiger partial charge in [0.25, 0.3) is 0 Å². The molecular weight excluding hydrogens is 711 g/mol. The topological polar surface area (TPSA) is 16.4 Å². The molecule has 0 radical (unpaired) electrons. The molecule has 0 unspecified atom stereocenters. The number of nitrogens with zero attached hydrogens (tertiary/aromatic N) is 1. The van der Waals surface area contributed by atoms with Crippen LogP contribution in [-0.2, 0) is 0 Å². The van der Waals surface area contributed by atoms with Crippen LogP contribution in [0.25, 0.3) is 86.6 Å². The molecular formula is C54H35NOS. The lowest BCUT2D eigenvalue weighted by Gasteiger charge is -2.27. The molecule has 11 aromatic rings. The minimum atomic E-state index is 0.868. The zero-order chi connectivity index (χ0) is 37.7. The second kappa shape index (κ2) is 13.8. The lowest BCUT2D eigenvalue weighted by atomic mass is 9.98. The molecule has 0 atom stereocenters. The van der Waals surface area contributed by atoms with E-state index in [0.29, 0.717) is 0 Å². The van der Waals surface area contributed by atoms with Crippen LogP contribution in [0.15, 0.2) is 217 Å². The molecule has 0 aliphatic heterocycles. The zero-order valence-corrected chi connectivity index (χ0v) is 31.8. The van der Waals surface area contributed by atoms with E-state index in [0.717, 1.165) is 39.0 Å². The number of hydrogen-bond donors (Lipinski definition) is 0. The van der Waals surface area contributed by atoms with E-state index in [-0.39, 0.29) is 0 Å². The molecule has 0 amide bonds. The summed E-state index contributed by atoms with van der Waals surface area (Å²) in [5.74, 6) is 0. The highest BCUT2D eigenvalue weighted by atomic mass is 32.1. The highest BCUT2D eigenvalue weighted by Crippen LogP contribution is 2.51. The molecule has 0 saturated carbocycles. The fourth-order valence-corrected chi connectivity index (χ4v) is 9.65. The molecule has 57 heavy (non-hydrogen) atoms. The number of para-hydroxylation sites is 1. The smallest absolute Gasteiger partial charge is 0.137 e. The van der Waals surface area contributed by atoms with Crippen molar-refractivity contribution in [2.45, 2.75) is 0 Å². The predicted octanol–water partition coefficient (Wildman–Crippen LogP) is 16.1. The van der Waals surface area contributed by atoms with Gasteiger partial charge in [0.2, 0.25) is 0 Å². The van der Waals surface area contributed by atoms with E-state index in [9.17, 15) is 0 Å². The van der Waals surface area contributed by atoms with Gasteiger partial charge in [-0.1, -0.05) is 170 Å². The zero-order valence-electron chi connectivity index (χ0n) is 31.0. The van der Waals surface area contributed by atoms with Crippen molar-refractivity contribution >= 4 is 70.5 Å². The van der Waals surface area contributed by atoms with E-state index in [4.69, 9.17) is 4.42 Å². The van der Waals surface area contributed by atoms with Gasteiger partial charge in [0.05, 0.1) is 21.5 Å². The Hall–Kier alpha value is -7.20. The first-order chi connectivity index (χ1) is 28.3. The van der Waals surface area contributed by atoms with Crippen LogP contribution in [-0.4, -0.2) is 0 Å². The van der Waals surface area contributed by atoms with Gasteiger partial charge >= 0.3 is 0 Å². The Morgan fingerprint density at radius 1 is 0.333 bits per heavy atom. The number of furan rings is 1. The molecule has 2 nitrogen and oxygen atoms in total. The number of thiophene rings is 1. The van der Waals surface area contributed by atoms with Crippen molar-refractivity contribution in [3.8, 4) is 44.5 Å². The summed E-state index contributed by atoms with van der Waals surface area (Å²) in [4.78, 5) is 2.46. The van der Waals surface area contributed by atoms with E-state index in [1.165, 1.54) is 64.7 Å². The van der Waals surface area contributed by atoms with Crippen molar-refractivity contribution in [1.82, 2.24) is 0 Å². The summed E-state index contributed by atoms with van der Waals surface area (Å²) in [6.45, 7) is 0. The van der Waals surface area contributed by atoms with Crippen molar-refractivity contribution in [3.05, 3.63) is 212 Å². The highest BCUT2D eigenvalue weighted by molar-refractivity contribution is 7.27. The molecule has 0 saturated heterocycles. The molecule has 0 N–H and O–H groups in total. The van der Waals surface area contributed by atoms with Gasteiger partial charge in [-0.2, -0.15) is 0 Å². The molecule has 0 fully saturated rings. The monoisotopic (exact) mass is 745 g/mol. The third-order valence-electron chi connectivity index (χ3n) is 11.1. The number of anilines is 3. The summed E-state index contributed by atoms with van der Waals surface area (Å²) in [6, 6.07) is 76.3. The molecule has 268 valence electrons. The van der Waals surface area contributed by atoms with Crippen molar-refractivity contribution < 1.29 is 4.42 Å². The third-order valence-corrected chi connectivity index (χ3v) is 12.4. The van der Waals surface area contributed by atoms with Crippen LogP contribution < -0.4 is 4.90 Å². The highest BCUT2D eigenvalue weighted by Gasteiger charge is 2.24. The van der Waals surface area contributed by atoms with Gasteiger partial charge in [-0.3, -0.25) is 0 Å². The van der Waals surface area contributed by atoms with Crippen LogP contribution in [0.1, 0.15) is 0 Å². The van der Waals surface area contributed by atoms with Crippen molar-refractivity contribution in [1.29, 1.82) is 0 Å². The molecule has 0 spiro atoms. The first kappa shape index (κ1) is 33.2. The molecule has 0 aliphatic carbocycles. The van der Waals surface area contributed by atoms with Crippen molar-refractivity contribution in [2.75, 3.05) is 4.90 Å². The van der Waals surface area contributed by atoms with E-state index >= 15 is 0 Å². The van der Waals surface area contributed by atoms with Crippen LogP contribution >= 0.6 is 11.3 Å². The number of rotatable bonds is 7. The minimum Gasteiger partial charge on any atom is -0.456 e. The Kier molecular flexibility index (Phi) is 8.04. The molecule has 2 aromatic heterocycles. The van der Waals surface area contributed by atoms with E-state index in [2.05, 4.69) is 211 Å². The van der Waals surface area contributed by atoms with Crippen molar-refractivity contribution in [3.63, 3.8) is 0 Å². The van der Waals surface area contributed by atoms with Gasteiger partial charge in [0.15, 0.2) is 0 Å². The van der Waals surface area contributed by atoms with Gasteiger partial charge in [0, 0.05) is 26.5 Å². The first-order valence-corrected chi connectivity index (χ1v) is 20.1. The van der Waals surface area contributed by atoms with E-state index in [1.54, 1.807) is 0 Å². The summed E-state index contributed by atoms with van der Waals surface area (Å²) < 4.78 is 9.02. The van der Waals surface area contributed by atoms with Crippen molar-refractivity contribution in [2.24, 2.45) is 0 Å². The minimum absolute atomic E-state index is 0.868. The summed E-state index contributed by atoms with van der Waals surface area (Å²) in [7, 11) is 0. The lowest BCUT2D eigenvalue weighted by molar-refractivity contribution is 0.669. The summed E-state index contributed by atoms with van der Waals surface area (Å²) in [5, 5.41) is 4.70. The Balaban J connectivity index is 1.16. The summed E-state index contributed by atoms with van der Waals surface area (Å²) >= 11 is 1.88. The first-order valence-electron chi connectivity index (χ1n) is 19.3. The number of hydrogen-bond acceptors (Lipinski definition) is 3. The molecule has 0 bridgehead atoms. The molecule has 2 heterocycles. The van der Waals surface area contributed by atoms with Crippen LogP contribution in [0.2, 0.25) is 0 Å². The molecule has 3 heteroatoms. The normalized spacial score (nSPS) is 11.5. The Morgan fingerprint density at radius 2 is 0.860 bits per heavy atom. The maximum Gasteiger partial charge on any atom is 0.137 e. The third kappa shape index (κ3) is 5.80. The van der Waals surface area contributed by atoms with Crippen LogP contribution in [0.3, 0.4) is 0 Å². The van der Waals surface area contributed by atoms with E-state index in [1.807, 2.05) is 17.4 Å². The maximum absolute atomic E-state index is 6.50. The number of fused-ring (bicyclic) bond motifs is 6. The average Bonchev–Trinajstić information content (AvgIpc) is 3.87. The Bertz CT molecular complexity index is 3200. The van der Waals surface area contributed by atoms with Crippen LogP contribution in [0, 0.1) is 0 Å². The van der Waals surface area contributed by atoms with Gasteiger partial charge < -0.3 is 9.32 Å². The number of benzene rings is 9. The van der Waals surface area contributed by atoms with E-state index < -0.39 is 0 Å². The molecule has 0 aliphatic rings. The fourth-order valence-electron chi connectivity index (χ4n) is 8.33. The summed E-state index contributed by atoms with van der Waals surface area (Å²) in [6.07, 6.45) is 0. The van der Waals surface area contributed by atoms with Crippen LogP contribution in [0.5, 0.6) is 0 Å². The quantitative estimate of drug-likeness (QED) is 0.162. The fraction of sp³-hybridized carbons (Fsp3) is 0. The standard InChI is InChI=1S/C54H35NOS/c1-4-14-36(15-5-1)38-26-28-39(29-27-38)40-30-32-43(33-31-40)55(48-23-13-25-51-52(48)46-20-10-11-24-50(46)56-51)49-35-42(37-16-6-2-7-17-37)34-47-45-22-12-21-44(53(45)57-54(47)49)41-18-8-3-9-19-41/h1-35H. The SMILES string of the molecule is c1ccc(-c2ccc(-c3ccc(N(c4cc(-c5ccccc5)cc5c4sc4c(-c6ccccc6)cccc45)c4cccc5oc6ccccc6c45)cc3)cc2)cc1. The predicted molar refractivity (Wildman–Crippen MR) is 243 cm³/mol. The second-order valence-corrected chi connectivity index (χ2v) is 15.5. The van der Waals surface area contributed by atoms with Gasteiger partial charge in [-0.05, 0) is 87.0 Å². The lowest BCUT2D eigenvalue weighted by Crippen LogP contribution is -2.10. The Morgan fingerprint density at radius 3 is 1.54 bits per heavy atom. The van der Waals surface area contributed by atoms with Gasteiger partial charge in [-0.15, -0.1) is 11.3 Å². The summed E-state index contributed by atoms with van der Waals surface area (Å²) in [5.41, 5.74) is 14.6. The Labute approximate surface area is 335 Å². The van der Waals surface area contributed by atoms with Gasteiger partial charge in [0.1, 0.15) is 11.2 Å². The van der Waals surface area contributed by atoms with Gasteiger partial charge in [-0.25, -0.2) is 0 Å². The largest absolute Gasteiger partial charge is 0.456 e. The maximum atomic E-state index is 6.50. The average molecular weight is 746 g/mol. The second-order valence-electron chi connectivity index (χ2n) is 14.5. The van der Waals surface area contributed by atoms with Crippen LogP contribution in [0.4, 0.5) is 17.1 Å².